The number of benzene rings is 1. The lowest BCUT2D eigenvalue weighted by Gasteiger charge is -2.34. The number of nitrogens with zero attached hydrogens (tertiary/aromatic N) is 3. The topological polar surface area (TPSA) is 85.1 Å². The average molecular weight is 369 g/mol. The van der Waals surface area contributed by atoms with Gasteiger partial charge < -0.3 is 23.8 Å². The molecule has 0 N–H and O–H groups in total. The number of hydrogen-bond acceptors (Lipinski definition) is 6. The van der Waals surface area contributed by atoms with Crippen molar-refractivity contribution in [3.8, 4) is 11.5 Å². The van der Waals surface area contributed by atoms with Gasteiger partial charge in [-0.1, -0.05) is 5.16 Å². The number of amides is 2. The first kappa shape index (κ1) is 16.2. The van der Waals surface area contributed by atoms with Crippen LogP contribution in [0.3, 0.4) is 0 Å². The van der Waals surface area contributed by atoms with Crippen molar-refractivity contribution in [2.24, 2.45) is 0 Å². The average Bonchev–Trinajstić information content (AvgIpc) is 3.37. The summed E-state index contributed by atoms with van der Waals surface area (Å²) in [6.45, 7) is 1.61. The van der Waals surface area contributed by atoms with E-state index in [9.17, 15) is 9.59 Å². The van der Waals surface area contributed by atoms with Crippen LogP contribution < -0.4 is 14.4 Å². The molecule has 0 spiro atoms. The maximum Gasteiger partial charge on any atom is 0.296 e. The summed E-state index contributed by atoms with van der Waals surface area (Å²) < 4.78 is 16.6. The van der Waals surface area contributed by atoms with Crippen LogP contribution >= 0.6 is 0 Å². The zero-order valence-electron chi connectivity index (χ0n) is 14.7. The molecule has 0 unspecified atom stereocenters. The molecule has 140 valence electrons. The van der Waals surface area contributed by atoms with Crippen molar-refractivity contribution in [1.29, 1.82) is 0 Å². The molecule has 2 amide bonds. The molecule has 1 saturated carbocycles. The van der Waals surface area contributed by atoms with E-state index in [-0.39, 0.29) is 36.6 Å². The Balaban J connectivity index is 1.62. The number of anilines is 1. The lowest BCUT2D eigenvalue weighted by molar-refractivity contribution is -0.132. The smallest absolute Gasteiger partial charge is 0.296 e. The molecule has 0 saturated heterocycles. The van der Waals surface area contributed by atoms with Crippen molar-refractivity contribution < 1.29 is 23.6 Å². The van der Waals surface area contributed by atoms with Crippen molar-refractivity contribution in [3.63, 3.8) is 0 Å². The van der Waals surface area contributed by atoms with Crippen LogP contribution in [0.15, 0.2) is 28.9 Å². The van der Waals surface area contributed by atoms with Gasteiger partial charge in [0.15, 0.2) is 11.5 Å². The van der Waals surface area contributed by atoms with Gasteiger partial charge in [-0.3, -0.25) is 9.59 Å². The Morgan fingerprint density at radius 1 is 1.15 bits per heavy atom. The zero-order chi connectivity index (χ0) is 18.4. The van der Waals surface area contributed by atoms with Gasteiger partial charge in [-0.2, -0.15) is 0 Å². The van der Waals surface area contributed by atoms with Gasteiger partial charge in [-0.05, 0) is 25.0 Å². The van der Waals surface area contributed by atoms with Crippen molar-refractivity contribution in [3.05, 3.63) is 35.7 Å². The lowest BCUT2D eigenvalue weighted by atomic mass is 10.0. The molecule has 0 radical (unpaired) electrons. The maximum atomic E-state index is 13.0. The third-order valence-electron chi connectivity index (χ3n) is 5.16. The van der Waals surface area contributed by atoms with Gasteiger partial charge in [-0.15, -0.1) is 0 Å². The highest BCUT2D eigenvalue weighted by Crippen LogP contribution is 2.43. The summed E-state index contributed by atoms with van der Waals surface area (Å²) in [6.07, 6.45) is 3.74. The van der Waals surface area contributed by atoms with E-state index in [1.807, 2.05) is 17.0 Å². The number of fused-ring (bicyclic) bond motifs is 3. The van der Waals surface area contributed by atoms with E-state index in [2.05, 4.69) is 5.16 Å². The predicted octanol–water partition coefficient (Wildman–Crippen LogP) is 1.99. The van der Waals surface area contributed by atoms with Gasteiger partial charge in [0.25, 0.3) is 5.91 Å². The molecule has 27 heavy (non-hydrogen) atoms. The van der Waals surface area contributed by atoms with Crippen LogP contribution in [0, 0.1) is 0 Å². The summed E-state index contributed by atoms with van der Waals surface area (Å²) in [7, 11) is 0. The fraction of sp³-hybridized carbons (Fsp3) is 0.421. The molecule has 2 aromatic rings. The molecular weight excluding hydrogens is 350 g/mol. The van der Waals surface area contributed by atoms with E-state index in [1.54, 1.807) is 4.90 Å². The largest absolute Gasteiger partial charge is 0.486 e. The van der Waals surface area contributed by atoms with Crippen LogP contribution in [0.25, 0.3) is 0 Å². The summed E-state index contributed by atoms with van der Waals surface area (Å²) in [5, 5.41) is 3.62. The monoisotopic (exact) mass is 369 g/mol. The normalized spacial score (nSPS) is 19.3. The Morgan fingerprint density at radius 2 is 2.00 bits per heavy atom. The minimum Gasteiger partial charge on any atom is -0.486 e. The van der Waals surface area contributed by atoms with E-state index >= 15 is 0 Å². The quantitative estimate of drug-likeness (QED) is 0.805. The number of aromatic nitrogens is 1. The van der Waals surface area contributed by atoms with Crippen LogP contribution in [0.2, 0.25) is 0 Å². The minimum atomic E-state index is -0.321. The van der Waals surface area contributed by atoms with Gasteiger partial charge in [0.2, 0.25) is 11.7 Å². The Hall–Kier alpha value is -3.03. The van der Waals surface area contributed by atoms with E-state index in [0.717, 1.165) is 24.1 Å². The molecule has 1 aliphatic carbocycles. The Kier molecular flexibility index (Phi) is 3.77. The fourth-order valence-electron chi connectivity index (χ4n) is 3.69. The van der Waals surface area contributed by atoms with Crippen molar-refractivity contribution in [2.45, 2.75) is 31.8 Å². The molecule has 3 heterocycles. The number of carbonyl (C=O) groups is 2. The van der Waals surface area contributed by atoms with Crippen molar-refractivity contribution >= 4 is 17.5 Å². The molecule has 8 nitrogen and oxygen atoms in total. The zero-order valence-corrected chi connectivity index (χ0v) is 14.7. The first-order valence-electron chi connectivity index (χ1n) is 9.16. The summed E-state index contributed by atoms with van der Waals surface area (Å²) in [6, 6.07) is 5.48. The highest BCUT2D eigenvalue weighted by Gasteiger charge is 2.37. The third-order valence-corrected chi connectivity index (χ3v) is 5.16. The van der Waals surface area contributed by atoms with Crippen LogP contribution in [0.1, 0.15) is 35.4 Å². The molecular formula is C19H19N3O5. The van der Waals surface area contributed by atoms with Gasteiger partial charge in [0, 0.05) is 30.6 Å². The van der Waals surface area contributed by atoms with E-state index in [1.165, 1.54) is 12.3 Å². The molecule has 3 aliphatic rings. The lowest BCUT2D eigenvalue weighted by Crippen LogP contribution is -2.41. The van der Waals surface area contributed by atoms with Gasteiger partial charge in [-0.25, -0.2) is 0 Å². The van der Waals surface area contributed by atoms with Gasteiger partial charge in [0.1, 0.15) is 13.2 Å². The van der Waals surface area contributed by atoms with Crippen molar-refractivity contribution in [1.82, 2.24) is 10.1 Å². The highest BCUT2D eigenvalue weighted by atomic mass is 16.6. The van der Waals surface area contributed by atoms with Gasteiger partial charge in [0.05, 0.1) is 18.4 Å². The van der Waals surface area contributed by atoms with Gasteiger partial charge >= 0.3 is 0 Å². The summed E-state index contributed by atoms with van der Waals surface area (Å²) in [4.78, 5) is 29.2. The third kappa shape index (κ3) is 2.81. The van der Waals surface area contributed by atoms with E-state index in [0.29, 0.717) is 31.3 Å². The number of ether oxygens (including phenoxy) is 2. The molecule has 1 fully saturated rings. The van der Waals surface area contributed by atoms with Crippen LogP contribution in [-0.2, 0) is 11.3 Å². The first-order chi connectivity index (χ1) is 13.2. The second kappa shape index (κ2) is 6.29. The fourth-order valence-corrected chi connectivity index (χ4v) is 3.69. The molecule has 0 atom stereocenters. The summed E-state index contributed by atoms with van der Waals surface area (Å²) >= 11 is 0. The molecule has 8 heteroatoms. The highest BCUT2D eigenvalue weighted by molar-refractivity contribution is 6.05. The second-order valence-electron chi connectivity index (χ2n) is 6.92. The molecule has 5 rings (SSSR count). The predicted molar refractivity (Wildman–Crippen MR) is 93.8 cm³/mol. The molecule has 0 bridgehead atoms. The van der Waals surface area contributed by atoms with E-state index < -0.39 is 0 Å². The Morgan fingerprint density at radius 3 is 2.78 bits per heavy atom. The first-order valence-corrected chi connectivity index (χ1v) is 9.16. The number of hydrogen-bond donors (Lipinski definition) is 0. The summed E-state index contributed by atoms with van der Waals surface area (Å²) in [5.41, 5.74) is 1.53. The Labute approximate surface area is 155 Å². The SMILES string of the molecule is O=C(c1ccno1)N1CCC(=O)N(C2CC2)Cc2c1ccc1c2OCCO1. The minimum absolute atomic E-state index is 0.0489. The Bertz CT molecular complexity index is 891. The summed E-state index contributed by atoms with van der Waals surface area (Å²) in [5.74, 6) is 1.14. The van der Waals surface area contributed by atoms with Crippen LogP contribution in [0.4, 0.5) is 5.69 Å². The second-order valence-corrected chi connectivity index (χ2v) is 6.92. The number of rotatable bonds is 2. The maximum absolute atomic E-state index is 13.0. The van der Waals surface area contributed by atoms with E-state index in [4.69, 9.17) is 14.0 Å². The standard InChI is InChI=1S/C19H19N3O5/c23-17-6-8-21(19(24)16-5-7-20-27-16)14-3-4-15-18(26-10-9-25-15)13(14)11-22(17)12-1-2-12/h3-5,7,12H,1-2,6,8-11H2. The van der Waals surface area contributed by atoms with Crippen molar-refractivity contribution in [2.75, 3.05) is 24.7 Å². The van der Waals surface area contributed by atoms with Crippen LogP contribution in [-0.4, -0.2) is 47.7 Å². The molecule has 1 aromatic carbocycles. The number of carbonyl (C=O) groups excluding carboxylic acids is 2. The molecule has 2 aliphatic heterocycles. The van der Waals surface area contributed by atoms with Crippen LogP contribution in [0.5, 0.6) is 11.5 Å². The molecule has 1 aromatic heterocycles.